The normalized spacial score (nSPS) is 12.2. The number of benzene rings is 2. The van der Waals surface area contributed by atoms with Crippen molar-refractivity contribution in [3.8, 4) is 0 Å². The van der Waals surface area contributed by atoms with Gasteiger partial charge in [-0.2, -0.15) is 5.10 Å². The Kier molecular flexibility index (Phi) is 4.95. The summed E-state index contributed by atoms with van der Waals surface area (Å²) in [6.45, 7) is 0.803. The molecule has 0 radical (unpaired) electrons. The van der Waals surface area contributed by atoms with Crippen molar-refractivity contribution in [1.29, 1.82) is 0 Å². The molecule has 0 fully saturated rings. The van der Waals surface area contributed by atoms with Gasteiger partial charge in [0.05, 0.1) is 24.9 Å². The minimum Gasteiger partial charge on any atom is -0.387 e. The maximum absolute atomic E-state index is 12.7. The van der Waals surface area contributed by atoms with Crippen LogP contribution in [0, 0.1) is 0 Å². The number of hydrogen-bond acceptors (Lipinski definition) is 3. The van der Waals surface area contributed by atoms with E-state index < -0.39 is 6.10 Å². The fourth-order valence-electron chi connectivity index (χ4n) is 3.33. The van der Waals surface area contributed by atoms with Crippen LogP contribution in [0.4, 0.5) is 0 Å². The Bertz CT molecular complexity index is 1080. The molecule has 0 spiro atoms. The molecule has 2 heterocycles. The Balaban J connectivity index is 1.44. The van der Waals surface area contributed by atoms with Gasteiger partial charge in [0.25, 0.3) is 5.91 Å². The van der Waals surface area contributed by atoms with Crippen molar-refractivity contribution in [2.45, 2.75) is 12.6 Å². The molecular formula is C22H22N4O2. The van der Waals surface area contributed by atoms with Crippen molar-refractivity contribution in [3.63, 3.8) is 0 Å². The van der Waals surface area contributed by atoms with E-state index in [0.29, 0.717) is 12.2 Å². The van der Waals surface area contributed by atoms with Crippen molar-refractivity contribution in [2.24, 2.45) is 0 Å². The number of nitrogens with zero attached hydrogens (tertiary/aromatic N) is 3. The van der Waals surface area contributed by atoms with Crippen molar-refractivity contribution < 1.29 is 9.90 Å². The number of para-hydroxylation sites is 1. The summed E-state index contributed by atoms with van der Waals surface area (Å²) in [5.74, 6) is -0.227. The first kappa shape index (κ1) is 18.0. The minimum atomic E-state index is -0.736. The van der Waals surface area contributed by atoms with E-state index in [1.165, 1.54) is 10.3 Å². The number of likely N-dealkylation sites (N-methyl/N-ethyl adjacent to an activating group) is 1. The Morgan fingerprint density at radius 2 is 1.89 bits per heavy atom. The van der Waals surface area contributed by atoms with Gasteiger partial charge < -0.3 is 14.6 Å². The van der Waals surface area contributed by atoms with Crippen molar-refractivity contribution in [1.82, 2.24) is 19.7 Å². The summed E-state index contributed by atoms with van der Waals surface area (Å²) in [6, 6.07) is 21.3. The van der Waals surface area contributed by atoms with E-state index in [4.69, 9.17) is 0 Å². The number of amides is 1. The number of aromatic amines is 1. The van der Waals surface area contributed by atoms with E-state index in [-0.39, 0.29) is 12.5 Å². The number of H-pyrrole nitrogens is 1. The maximum atomic E-state index is 12.7. The van der Waals surface area contributed by atoms with Gasteiger partial charge in [0.2, 0.25) is 0 Å². The molecule has 0 aliphatic carbocycles. The molecule has 2 aromatic heterocycles. The first-order chi connectivity index (χ1) is 13.6. The number of aromatic nitrogens is 3. The van der Waals surface area contributed by atoms with Crippen molar-refractivity contribution in [3.05, 3.63) is 89.9 Å². The van der Waals surface area contributed by atoms with E-state index in [2.05, 4.69) is 33.0 Å². The SMILES string of the molecule is CN(CC(O)c1ccccc1)C(=O)c1cc(Cn2ccc3ccccc32)[nH]n1. The van der Waals surface area contributed by atoms with Gasteiger partial charge >= 0.3 is 0 Å². The molecule has 4 aromatic rings. The molecule has 0 bridgehead atoms. The second-order valence-electron chi connectivity index (χ2n) is 6.89. The number of hydrogen-bond donors (Lipinski definition) is 2. The summed E-state index contributed by atoms with van der Waals surface area (Å²) in [4.78, 5) is 14.2. The molecule has 0 saturated carbocycles. The summed E-state index contributed by atoms with van der Waals surface area (Å²) in [5, 5.41) is 18.6. The largest absolute Gasteiger partial charge is 0.387 e. The Morgan fingerprint density at radius 3 is 2.71 bits per heavy atom. The van der Waals surface area contributed by atoms with Crippen LogP contribution in [0.5, 0.6) is 0 Å². The van der Waals surface area contributed by atoms with Gasteiger partial charge in [0, 0.05) is 18.8 Å². The van der Waals surface area contributed by atoms with Gasteiger partial charge in [0.1, 0.15) is 5.69 Å². The highest BCUT2D eigenvalue weighted by Gasteiger charge is 2.19. The van der Waals surface area contributed by atoms with E-state index in [9.17, 15) is 9.90 Å². The topological polar surface area (TPSA) is 74.2 Å². The van der Waals surface area contributed by atoms with Gasteiger partial charge in [-0.3, -0.25) is 9.89 Å². The Labute approximate surface area is 163 Å². The fourth-order valence-corrected chi connectivity index (χ4v) is 3.33. The van der Waals surface area contributed by atoms with Gasteiger partial charge in [-0.15, -0.1) is 0 Å². The van der Waals surface area contributed by atoms with E-state index in [1.54, 1.807) is 13.1 Å². The third-order valence-electron chi connectivity index (χ3n) is 4.85. The smallest absolute Gasteiger partial charge is 0.274 e. The second kappa shape index (κ2) is 7.70. The number of nitrogens with one attached hydrogen (secondary N) is 1. The highest BCUT2D eigenvalue weighted by atomic mass is 16.3. The lowest BCUT2D eigenvalue weighted by molar-refractivity contribution is 0.0675. The molecule has 2 N–H and O–H groups in total. The molecule has 1 unspecified atom stereocenters. The molecular weight excluding hydrogens is 352 g/mol. The molecule has 0 saturated heterocycles. The number of fused-ring (bicyclic) bond motifs is 1. The van der Waals surface area contributed by atoms with Crippen molar-refractivity contribution >= 4 is 16.8 Å². The van der Waals surface area contributed by atoms with Crippen LogP contribution < -0.4 is 0 Å². The first-order valence-corrected chi connectivity index (χ1v) is 9.18. The van der Waals surface area contributed by atoms with Crippen LogP contribution in [0.3, 0.4) is 0 Å². The summed E-state index contributed by atoms with van der Waals surface area (Å²) in [6.07, 6.45) is 1.29. The standard InChI is InChI=1S/C22H22N4O2/c1-25(15-21(27)17-8-3-2-4-9-17)22(28)19-13-18(23-24-19)14-26-12-11-16-7-5-6-10-20(16)26/h2-13,21,27H,14-15H2,1H3,(H,23,24). The predicted octanol–water partition coefficient (Wildman–Crippen LogP) is 3.22. The van der Waals surface area contributed by atoms with Crippen LogP contribution in [0.25, 0.3) is 10.9 Å². The van der Waals surface area contributed by atoms with Crippen LogP contribution >= 0.6 is 0 Å². The zero-order chi connectivity index (χ0) is 19.5. The third kappa shape index (κ3) is 3.68. The lowest BCUT2D eigenvalue weighted by Crippen LogP contribution is -2.31. The molecule has 0 aliphatic heterocycles. The van der Waals surface area contributed by atoms with Crippen LogP contribution in [0.15, 0.2) is 72.9 Å². The molecule has 2 aromatic carbocycles. The molecule has 142 valence electrons. The zero-order valence-corrected chi connectivity index (χ0v) is 15.6. The molecule has 4 rings (SSSR count). The lowest BCUT2D eigenvalue weighted by atomic mass is 10.1. The maximum Gasteiger partial charge on any atom is 0.274 e. The van der Waals surface area contributed by atoms with Gasteiger partial charge in [-0.25, -0.2) is 0 Å². The van der Waals surface area contributed by atoms with Gasteiger partial charge in [-0.1, -0.05) is 48.5 Å². The number of aliphatic hydroxyl groups is 1. The summed E-state index contributed by atoms with van der Waals surface area (Å²) in [5.41, 5.74) is 3.10. The van der Waals surface area contributed by atoms with Gasteiger partial charge in [-0.05, 0) is 29.1 Å². The average Bonchev–Trinajstić information content (AvgIpc) is 3.36. The molecule has 6 heteroatoms. The zero-order valence-electron chi connectivity index (χ0n) is 15.6. The number of aliphatic hydroxyl groups excluding tert-OH is 1. The summed E-state index contributed by atoms with van der Waals surface area (Å²) < 4.78 is 2.11. The second-order valence-corrected chi connectivity index (χ2v) is 6.89. The monoisotopic (exact) mass is 374 g/mol. The van der Waals surface area contributed by atoms with E-state index in [1.807, 2.05) is 48.7 Å². The van der Waals surface area contributed by atoms with E-state index >= 15 is 0 Å². The molecule has 0 aliphatic rings. The minimum absolute atomic E-state index is 0.202. The summed E-state index contributed by atoms with van der Waals surface area (Å²) >= 11 is 0. The highest BCUT2D eigenvalue weighted by molar-refractivity contribution is 5.92. The van der Waals surface area contributed by atoms with Crippen LogP contribution in [0.2, 0.25) is 0 Å². The van der Waals surface area contributed by atoms with E-state index in [0.717, 1.165) is 16.8 Å². The molecule has 1 atom stereocenters. The molecule has 28 heavy (non-hydrogen) atoms. The Morgan fingerprint density at radius 1 is 1.14 bits per heavy atom. The quantitative estimate of drug-likeness (QED) is 0.544. The molecule has 1 amide bonds. The first-order valence-electron chi connectivity index (χ1n) is 9.18. The third-order valence-corrected chi connectivity index (χ3v) is 4.85. The van der Waals surface area contributed by atoms with Gasteiger partial charge in [0.15, 0.2) is 0 Å². The van der Waals surface area contributed by atoms with Crippen LogP contribution in [-0.4, -0.2) is 44.3 Å². The Hall–Kier alpha value is -3.38. The van der Waals surface area contributed by atoms with Crippen molar-refractivity contribution in [2.75, 3.05) is 13.6 Å². The van der Waals surface area contributed by atoms with Crippen LogP contribution in [-0.2, 0) is 6.54 Å². The lowest BCUT2D eigenvalue weighted by Gasteiger charge is -2.20. The highest BCUT2D eigenvalue weighted by Crippen LogP contribution is 2.17. The fraction of sp³-hybridized carbons (Fsp3) is 0.182. The average molecular weight is 374 g/mol. The number of carbonyl (C=O) groups is 1. The predicted molar refractivity (Wildman–Crippen MR) is 108 cm³/mol. The van der Waals surface area contributed by atoms with Crippen LogP contribution in [0.1, 0.15) is 27.8 Å². The number of rotatable bonds is 6. The number of carbonyl (C=O) groups excluding carboxylic acids is 1. The summed E-state index contributed by atoms with van der Waals surface area (Å²) in [7, 11) is 1.67. The molecule has 6 nitrogen and oxygen atoms in total.